The summed E-state index contributed by atoms with van der Waals surface area (Å²) in [6, 6.07) is 0. The molecular weight excluding hydrogens is 198 g/mol. The van der Waals surface area contributed by atoms with Crippen LogP contribution in [0.2, 0.25) is 0 Å². The molecule has 0 aliphatic rings. The van der Waals surface area contributed by atoms with E-state index in [1.807, 2.05) is 0 Å². The standard InChI is InChI=1S/CHCl3.2O.Ti/c2-1(3)4;;;/h1H;;;. The van der Waals surface area contributed by atoms with Crippen molar-refractivity contribution in [1.82, 2.24) is 0 Å². The van der Waals surface area contributed by atoms with E-state index in [2.05, 4.69) is 0 Å². The van der Waals surface area contributed by atoms with Crippen LogP contribution < -0.4 is 0 Å². The first-order chi connectivity index (χ1) is 3.15. The van der Waals surface area contributed by atoms with Gasteiger partial charge in [-0.15, -0.1) is 0 Å². The molecule has 42 valence electrons. The number of rotatable bonds is 0. The van der Waals surface area contributed by atoms with E-state index in [0.717, 1.165) is 0 Å². The predicted molar refractivity (Wildman–Crippen MR) is 22.7 cm³/mol. The van der Waals surface area contributed by atoms with E-state index in [0.29, 0.717) is 0 Å². The van der Waals surface area contributed by atoms with Crippen molar-refractivity contribution >= 4 is 34.8 Å². The average Bonchev–Trinajstić information content (AvgIpc) is 1.33. The van der Waals surface area contributed by atoms with Crippen molar-refractivity contribution in [1.29, 1.82) is 0 Å². The Morgan fingerprint density at radius 2 is 1.14 bits per heavy atom. The Morgan fingerprint density at radius 3 is 1.14 bits per heavy atom. The summed E-state index contributed by atoms with van der Waals surface area (Å²) >= 11 is 12.4. The molecule has 0 amide bonds. The van der Waals surface area contributed by atoms with Gasteiger partial charge >= 0.3 is 25.7 Å². The van der Waals surface area contributed by atoms with E-state index >= 15 is 0 Å². The van der Waals surface area contributed by atoms with Gasteiger partial charge in [-0.3, -0.25) is 0 Å². The van der Waals surface area contributed by atoms with Crippen LogP contribution in [0.4, 0.5) is 0 Å². The molecule has 0 aliphatic carbocycles. The molecule has 0 radical (unpaired) electrons. The van der Waals surface area contributed by atoms with E-state index in [1.165, 1.54) is 0 Å². The fourth-order valence-electron chi connectivity index (χ4n) is 0. The van der Waals surface area contributed by atoms with Crippen LogP contribution in [0.25, 0.3) is 0 Å². The average molecular weight is 199 g/mol. The molecule has 7 heavy (non-hydrogen) atoms. The third-order valence-electron chi connectivity index (χ3n) is 0. The Bertz CT molecular complexity index is 55.2. The van der Waals surface area contributed by atoms with Crippen molar-refractivity contribution in [2.75, 3.05) is 0 Å². The van der Waals surface area contributed by atoms with Crippen LogP contribution >= 0.6 is 34.8 Å². The van der Waals surface area contributed by atoms with Crippen molar-refractivity contribution in [3.8, 4) is 0 Å². The van der Waals surface area contributed by atoms with Crippen LogP contribution in [-0.2, 0) is 25.7 Å². The predicted octanol–water partition coefficient (Wildman–Crippen LogP) is 1.75. The van der Waals surface area contributed by atoms with E-state index in [-0.39, 0.29) is 0 Å². The van der Waals surface area contributed by atoms with Crippen LogP contribution in [0, 0.1) is 0 Å². The maximum atomic E-state index is 8.50. The molecule has 0 spiro atoms. The van der Waals surface area contributed by atoms with Gasteiger partial charge in [-0.05, 0) is 0 Å². The van der Waals surface area contributed by atoms with Crippen molar-refractivity contribution < 1.29 is 25.7 Å². The summed E-state index contributed by atoms with van der Waals surface area (Å²) < 4.78 is 16.2. The first kappa shape index (κ1) is 11.0. The van der Waals surface area contributed by atoms with E-state index in [9.17, 15) is 0 Å². The quantitative estimate of drug-likeness (QED) is 0.440. The molecular formula is CHCl3O2Ti. The minimum atomic E-state index is -2.00. The molecule has 0 atom stereocenters. The van der Waals surface area contributed by atoms with Gasteiger partial charge in [-0.1, -0.05) is 34.8 Å². The molecule has 0 aromatic rings. The Hall–Kier alpha value is 1.18. The summed E-state index contributed by atoms with van der Waals surface area (Å²) in [5, 5.41) is 0. The fraction of sp³-hybridized carbons (Fsp3) is 1.00. The van der Waals surface area contributed by atoms with E-state index < -0.39 is 23.4 Å². The zero-order valence-corrected chi connectivity index (χ0v) is 6.86. The van der Waals surface area contributed by atoms with Gasteiger partial charge in [-0.2, -0.15) is 0 Å². The van der Waals surface area contributed by atoms with Gasteiger partial charge in [0.1, 0.15) is 0 Å². The molecule has 0 aromatic carbocycles. The minimum absolute atomic E-state index is 0.750. The molecule has 0 heterocycles. The molecule has 0 saturated carbocycles. The molecule has 0 unspecified atom stereocenters. The number of halogens is 3. The summed E-state index contributed by atoms with van der Waals surface area (Å²) in [5.74, 6) is 0. The van der Waals surface area contributed by atoms with Gasteiger partial charge in [-0.25, -0.2) is 0 Å². The van der Waals surface area contributed by atoms with E-state index in [1.54, 1.807) is 0 Å². The molecule has 6 heteroatoms. The second-order valence-electron chi connectivity index (χ2n) is 0.331. The number of hydrogen-bond acceptors (Lipinski definition) is 2. The van der Waals surface area contributed by atoms with Gasteiger partial charge in [0.05, 0.1) is 0 Å². The molecule has 0 rings (SSSR count). The summed E-state index contributed by atoms with van der Waals surface area (Å²) in [6.07, 6.45) is 0. The maximum absolute atomic E-state index is 8.50. The second-order valence-corrected chi connectivity index (χ2v) is 2.57. The van der Waals surface area contributed by atoms with Gasteiger partial charge in [0, 0.05) is 0 Å². The number of alkyl halides is 3. The summed E-state index contributed by atoms with van der Waals surface area (Å²) in [4.78, 5) is 0. The Kier molecular flexibility index (Phi) is 16.1. The SMILES string of the molecule is ClC(Cl)Cl.[O]=[Ti]=[O]. The van der Waals surface area contributed by atoms with Crippen molar-refractivity contribution in [3.05, 3.63) is 0 Å². The Labute approximate surface area is 64.7 Å². The molecule has 0 aromatic heterocycles. The first-order valence-electron chi connectivity index (χ1n) is 1.06. The first-order valence-corrected chi connectivity index (χ1v) is 3.65. The molecule has 0 N–H and O–H groups in total. The summed E-state index contributed by atoms with van der Waals surface area (Å²) in [5.41, 5.74) is 0. The molecule has 0 bridgehead atoms. The molecule has 0 aliphatic heterocycles. The van der Waals surface area contributed by atoms with Gasteiger partial charge in [0.15, 0.2) is 4.30 Å². The van der Waals surface area contributed by atoms with Gasteiger partial charge in [0.25, 0.3) is 0 Å². The van der Waals surface area contributed by atoms with Gasteiger partial charge < -0.3 is 0 Å². The summed E-state index contributed by atoms with van der Waals surface area (Å²) in [6.45, 7) is 0. The van der Waals surface area contributed by atoms with E-state index in [4.69, 9.17) is 41.5 Å². The molecule has 2 nitrogen and oxygen atoms in total. The van der Waals surface area contributed by atoms with Crippen molar-refractivity contribution in [2.45, 2.75) is 4.30 Å². The van der Waals surface area contributed by atoms with Crippen LogP contribution in [-0.4, -0.2) is 4.30 Å². The van der Waals surface area contributed by atoms with Crippen molar-refractivity contribution in [2.24, 2.45) is 0 Å². The molecule has 0 saturated heterocycles. The Morgan fingerprint density at radius 1 is 1.14 bits per heavy atom. The van der Waals surface area contributed by atoms with Crippen LogP contribution in [0.1, 0.15) is 0 Å². The molecule has 0 fully saturated rings. The fourth-order valence-corrected chi connectivity index (χ4v) is 0. The van der Waals surface area contributed by atoms with Crippen LogP contribution in [0.5, 0.6) is 0 Å². The van der Waals surface area contributed by atoms with Crippen LogP contribution in [0.15, 0.2) is 0 Å². The van der Waals surface area contributed by atoms with Crippen molar-refractivity contribution in [3.63, 3.8) is 0 Å². The second kappa shape index (κ2) is 10.2. The normalized spacial score (nSPS) is 6.29. The number of hydrogen-bond donors (Lipinski definition) is 0. The third-order valence-corrected chi connectivity index (χ3v) is 0. The third kappa shape index (κ3) is 138. The summed E-state index contributed by atoms with van der Waals surface area (Å²) in [7, 11) is 0. The Balaban J connectivity index is 0. The topological polar surface area (TPSA) is 34.1 Å². The van der Waals surface area contributed by atoms with Crippen LogP contribution in [0.3, 0.4) is 0 Å². The zero-order chi connectivity index (χ0) is 6.28. The monoisotopic (exact) mass is 198 g/mol. The zero-order valence-electron chi connectivity index (χ0n) is 3.03. The van der Waals surface area contributed by atoms with Gasteiger partial charge in [0.2, 0.25) is 0 Å².